The molecule has 0 bridgehead atoms. The lowest BCUT2D eigenvalue weighted by Gasteiger charge is -1.97. The molecule has 1 heterocycles. The number of hydrogen-bond donors (Lipinski definition) is 0. The molecule has 0 aromatic heterocycles. The Morgan fingerprint density at radius 2 is 2.20 bits per heavy atom. The van der Waals surface area contributed by atoms with Gasteiger partial charge in [0.2, 0.25) is 0 Å². The van der Waals surface area contributed by atoms with E-state index in [9.17, 15) is 0 Å². The van der Waals surface area contributed by atoms with Crippen LogP contribution in [-0.4, -0.2) is 5.71 Å². The van der Waals surface area contributed by atoms with Crippen LogP contribution in [0.3, 0.4) is 0 Å². The number of nitrogens with zero attached hydrogens (tertiary/aromatic N) is 1. The van der Waals surface area contributed by atoms with Crippen molar-refractivity contribution in [3.05, 3.63) is 36.1 Å². The zero-order valence-electron chi connectivity index (χ0n) is 5.75. The molecule has 1 aliphatic heterocycles. The van der Waals surface area contributed by atoms with Gasteiger partial charge in [-0.25, -0.2) is 0 Å². The largest absolute Gasteiger partial charge is 0.261 e. The quantitative estimate of drug-likeness (QED) is 0.517. The van der Waals surface area contributed by atoms with Gasteiger partial charge in [0.15, 0.2) is 0 Å². The average molecular weight is 131 g/mol. The van der Waals surface area contributed by atoms with Crippen LogP contribution >= 0.6 is 0 Å². The third-order valence-corrected chi connectivity index (χ3v) is 1.79. The molecule has 1 aliphatic carbocycles. The monoisotopic (exact) mass is 131 g/mol. The van der Waals surface area contributed by atoms with Crippen LogP contribution in [0, 0.1) is 0 Å². The van der Waals surface area contributed by atoms with E-state index >= 15 is 0 Å². The van der Waals surface area contributed by atoms with Gasteiger partial charge in [-0.1, -0.05) is 24.3 Å². The summed E-state index contributed by atoms with van der Waals surface area (Å²) in [7, 11) is 0. The predicted molar refractivity (Wildman–Crippen MR) is 43.0 cm³/mol. The highest BCUT2D eigenvalue weighted by Gasteiger charge is 2.07. The fraction of sp³-hybridized carbons (Fsp3) is 0.222. The summed E-state index contributed by atoms with van der Waals surface area (Å²) in [5.41, 5.74) is 2.62. The molecule has 0 unspecified atom stereocenters. The molecule has 1 nitrogen and oxygen atoms in total. The van der Waals surface area contributed by atoms with Gasteiger partial charge in [-0.15, -0.1) is 0 Å². The van der Waals surface area contributed by atoms with Crippen molar-refractivity contribution in [3.8, 4) is 0 Å². The highest BCUT2D eigenvalue weighted by Crippen LogP contribution is 2.17. The summed E-state index contributed by atoms with van der Waals surface area (Å²) in [5, 5.41) is 0. The summed E-state index contributed by atoms with van der Waals surface area (Å²) in [4.78, 5) is 4.25. The Balaban J connectivity index is 2.15. The molecule has 0 spiro atoms. The fourth-order valence-electron chi connectivity index (χ4n) is 1.23. The van der Waals surface area contributed by atoms with Gasteiger partial charge in [0.1, 0.15) is 0 Å². The number of hydrogen-bond acceptors (Lipinski definition) is 1. The third kappa shape index (κ3) is 0.838. The van der Waals surface area contributed by atoms with E-state index in [0.29, 0.717) is 0 Å². The molecular weight excluding hydrogens is 122 g/mol. The molecular formula is C9H9N. The topological polar surface area (TPSA) is 12.4 Å². The molecule has 10 heavy (non-hydrogen) atoms. The van der Waals surface area contributed by atoms with Crippen molar-refractivity contribution in [2.24, 2.45) is 4.99 Å². The van der Waals surface area contributed by atoms with Gasteiger partial charge in [0.05, 0.1) is 0 Å². The zero-order chi connectivity index (χ0) is 6.81. The van der Waals surface area contributed by atoms with Crippen molar-refractivity contribution in [1.29, 1.82) is 0 Å². The molecule has 2 rings (SSSR count). The van der Waals surface area contributed by atoms with Gasteiger partial charge >= 0.3 is 0 Å². The lowest BCUT2D eigenvalue weighted by Crippen LogP contribution is -1.95. The smallest absolute Gasteiger partial charge is 0.0476 e. The van der Waals surface area contributed by atoms with Gasteiger partial charge in [0, 0.05) is 18.3 Å². The standard InChI is InChI=1S/C9H9N/c1-2-5-8(4-1)9-6-3-7-10-9/h1-4,7H,5-6H2. The molecule has 1 heteroatoms. The molecule has 0 radical (unpaired) electrons. The summed E-state index contributed by atoms with van der Waals surface area (Å²) in [6.45, 7) is 0. The lowest BCUT2D eigenvalue weighted by atomic mass is 10.1. The van der Waals surface area contributed by atoms with Crippen molar-refractivity contribution in [2.75, 3.05) is 0 Å². The van der Waals surface area contributed by atoms with Crippen LogP contribution in [0.15, 0.2) is 41.1 Å². The molecule has 0 aromatic rings. The van der Waals surface area contributed by atoms with Gasteiger partial charge < -0.3 is 0 Å². The SMILES string of the molecule is C1=CCC(C2=NC=CC2)=C1. The molecule has 0 saturated heterocycles. The van der Waals surface area contributed by atoms with Gasteiger partial charge in [-0.05, 0) is 12.0 Å². The summed E-state index contributed by atoms with van der Waals surface area (Å²) < 4.78 is 0. The van der Waals surface area contributed by atoms with Crippen LogP contribution in [0.25, 0.3) is 0 Å². The van der Waals surface area contributed by atoms with E-state index in [2.05, 4.69) is 29.3 Å². The van der Waals surface area contributed by atoms with Crippen LogP contribution in [0.5, 0.6) is 0 Å². The van der Waals surface area contributed by atoms with Crippen molar-refractivity contribution >= 4 is 5.71 Å². The van der Waals surface area contributed by atoms with E-state index in [4.69, 9.17) is 0 Å². The summed E-state index contributed by atoms with van der Waals surface area (Å²) in [6, 6.07) is 0. The second-order valence-electron chi connectivity index (χ2n) is 2.49. The van der Waals surface area contributed by atoms with E-state index in [-0.39, 0.29) is 0 Å². The van der Waals surface area contributed by atoms with Crippen molar-refractivity contribution < 1.29 is 0 Å². The Morgan fingerprint density at radius 1 is 1.20 bits per heavy atom. The van der Waals surface area contributed by atoms with E-state index in [1.165, 1.54) is 11.3 Å². The normalized spacial score (nSPS) is 21.6. The lowest BCUT2D eigenvalue weighted by molar-refractivity contribution is 1.33. The second-order valence-corrected chi connectivity index (χ2v) is 2.49. The van der Waals surface area contributed by atoms with Crippen molar-refractivity contribution in [2.45, 2.75) is 12.8 Å². The molecule has 0 aromatic carbocycles. The van der Waals surface area contributed by atoms with E-state index in [1.807, 2.05) is 6.20 Å². The van der Waals surface area contributed by atoms with Crippen molar-refractivity contribution in [3.63, 3.8) is 0 Å². The maximum absolute atomic E-state index is 4.25. The Labute approximate surface area is 60.5 Å². The molecule has 0 atom stereocenters. The molecule has 0 N–H and O–H groups in total. The predicted octanol–water partition coefficient (Wildman–Crippen LogP) is 2.23. The first-order chi connectivity index (χ1) is 4.97. The van der Waals surface area contributed by atoms with Crippen LogP contribution < -0.4 is 0 Å². The molecule has 0 amide bonds. The Morgan fingerprint density at radius 3 is 2.80 bits per heavy atom. The zero-order valence-corrected chi connectivity index (χ0v) is 5.75. The maximum Gasteiger partial charge on any atom is 0.0476 e. The van der Waals surface area contributed by atoms with Crippen LogP contribution in [0.2, 0.25) is 0 Å². The second kappa shape index (κ2) is 2.25. The van der Waals surface area contributed by atoms with Crippen LogP contribution in [0.1, 0.15) is 12.8 Å². The number of rotatable bonds is 1. The summed E-state index contributed by atoms with van der Waals surface area (Å²) in [5.74, 6) is 0. The molecule has 50 valence electrons. The minimum absolute atomic E-state index is 1.02. The first kappa shape index (κ1) is 5.66. The highest BCUT2D eigenvalue weighted by atomic mass is 14.7. The minimum Gasteiger partial charge on any atom is -0.261 e. The first-order valence-electron chi connectivity index (χ1n) is 3.54. The number of aliphatic imine (C=N–C) groups is 1. The minimum atomic E-state index is 1.02. The summed E-state index contributed by atoms with van der Waals surface area (Å²) >= 11 is 0. The van der Waals surface area contributed by atoms with Crippen LogP contribution in [-0.2, 0) is 0 Å². The van der Waals surface area contributed by atoms with Gasteiger partial charge in [-0.2, -0.15) is 0 Å². The molecule has 0 fully saturated rings. The Hall–Kier alpha value is -1.11. The van der Waals surface area contributed by atoms with Gasteiger partial charge in [-0.3, -0.25) is 4.99 Å². The molecule has 0 saturated carbocycles. The van der Waals surface area contributed by atoms with Crippen LogP contribution in [0.4, 0.5) is 0 Å². The Kier molecular flexibility index (Phi) is 1.28. The molecule has 2 aliphatic rings. The van der Waals surface area contributed by atoms with E-state index in [0.717, 1.165) is 12.8 Å². The maximum atomic E-state index is 4.25. The van der Waals surface area contributed by atoms with Crippen molar-refractivity contribution in [1.82, 2.24) is 0 Å². The third-order valence-electron chi connectivity index (χ3n) is 1.79. The average Bonchev–Trinajstić information content (AvgIpc) is 2.59. The van der Waals surface area contributed by atoms with E-state index in [1.54, 1.807) is 0 Å². The number of allylic oxidation sites excluding steroid dienone is 5. The summed E-state index contributed by atoms with van der Waals surface area (Å²) in [6.07, 6.45) is 12.5. The fourth-order valence-corrected chi connectivity index (χ4v) is 1.23. The highest BCUT2D eigenvalue weighted by molar-refractivity contribution is 6.03. The van der Waals surface area contributed by atoms with Gasteiger partial charge in [0.25, 0.3) is 0 Å². The first-order valence-corrected chi connectivity index (χ1v) is 3.54. The van der Waals surface area contributed by atoms with E-state index < -0.39 is 0 Å². The Bertz CT molecular complexity index is 226.